The van der Waals surface area contributed by atoms with Crippen molar-refractivity contribution < 1.29 is 9.47 Å². The first-order valence-corrected chi connectivity index (χ1v) is 10.2. The Morgan fingerprint density at radius 2 is 1.80 bits per heavy atom. The monoisotopic (exact) mass is 371 g/mol. The minimum atomic E-state index is -0.237. The number of ether oxygens (including phenoxy) is 2. The van der Waals surface area contributed by atoms with Gasteiger partial charge in [-0.25, -0.2) is 4.98 Å². The van der Waals surface area contributed by atoms with E-state index in [0.717, 1.165) is 34.4 Å². The van der Waals surface area contributed by atoms with Crippen molar-refractivity contribution in [3.63, 3.8) is 0 Å². The fraction of sp³-hybridized carbons (Fsp3) is 0.350. The fourth-order valence-corrected chi connectivity index (χ4v) is 4.74. The van der Waals surface area contributed by atoms with Crippen LogP contribution >= 0.6 is 23.1 Å². The van der Waals surface area contributed by atoms with Crippen molar-refractivity contribution in [1.82, 2.24) is 4.98 Å². The van der Waals surface area contributed by atoms with E-state index in [1.807, 2.05) is 6.07 Å². The summed E-state index contributed by atoms with van der Waals surface area (Å²) >= 11 is 3.54. The van der Waals surface area contributed by atoms with Crippen LogP contribution in [0.1, 0.15) is 31.3 Å². The Labute approximate surface area is 156 Å². The van der Waals surface area contributed by atoms with Gasteiger partial charge in [0.1, 0.15) is 0 Å². The van der Waals surface area contributed by atoms with E-state index in [0.29, 0.717) is 0 Å². The van der Waals surface area contributed by atoms with Gasteiger partial charge in [-0.15, -0.1) is 11.3 Å². The molecule has 0 atom stereocenters. The zero-order chi connectivity index (χ0) is 17.3. The summed E-state index contributed by atoms with van der Waals surface area (Å²) in [6.07, 6.45) is -0.237. The van der Waals surface area contributed by atoms with Crippen molar-refractivity contribution in [2.45, 2.75) is 30.2 Å². The lowest BCUT2D eigenvalue weighted by Crippen LogP contribution is -2.33. The first kappa shape index (κ1) is 17.0. The number of nitrogens with zero attached hydrogens (tertiary/aromatic N) is 1. The molecule has 2 aromatic carbocycles. The predicted octanol–water partition coefficient (Wildman–Crippen LogP) is 5.66. The zero-order valence-corrected chi connectivity index (χ0v) is 16.0. The van der Waals surface area contributed by atoms with E-state index in [2.05, 4.69) is 61.3 Å². The van der Waals surface area contributed by atoms with Crippen LogP contribution in [-0.2, 0) is 15.2 Å². The number of thiazole rings is 1. The molecule has 130 valence electrons. The third-order valence-electron chi connectivity index (χ3n) is 4.14. The van der Waals surface area contributed by atoms with Gasteiger partial charge in [0.15, 0.2) is 10.6 Å². The van der Waals surface area contributed by atoms with Gasteiger partial charge in [0.25, 0.3) is 0 Å². The molecular formula is C20H21NO2S2. The molecule has 1 aliphatic rings. The Morgan fingerprint density at radius 3 is 2.52 bits per heavy atom. The quantitative estimate of drug-likeness (QED) is 0.554. The largest absolute Gasteiger partial charge is 0.348 e. The Hall–Kier alpha value is -1.40. The van der Waals surface area contributed by atoms with Crippen LogP contribution in [0.5, 0.6) is 0 Å². The molecule has 0 bridgehead atoms. The van der Waals surface area contributed by atoms with Gasteiger partial charge in [0.05, 0.1) is 23.4 Å². The minimum Gasteiger partial charge on any atom is -0.348 e. The summed E-state index contributed by atoms with van der Waals surface area (Å²) in [5.41, 5.74) is 3.55. The average molecular weight is 372 g/mol. The fourth-order valence-electron chi connectivity index (χ4n) is 2.71. The molecule has 0 saturated carbocycles. The Bertz CT molecular complexity index is 815. The summed E-state index contributed by atoms with van der Waals surface area (Å²) < 4.78 is 14.1. The van der Waals surface area contributed by atoms with Gasteiger partial charge >= 0.3 is 0 Å². The van der Waals surface area contributed by atoms with Crippen molar-refractivity contribution in [2.24, 2.45) is 5.41 Å². The Kier molecular flexibility index (Phi) is 4.82. The van der Waals surface area contributed by atoms with Gasteiger partial charge in [0, 0.05) is 16.7 Å². The number of fused-ring (bicyclic) bond motifs is 1. The van der Waals surface area contributed by atoms with Crippen LogP contribution in [-0.4, -0.2) is 18.2 Å². The van der Waals surface area contributed by atoms with Gasteiger partial charge < -0.3 is 9.47 Å². The van der Waals surface area contributed by atoms with Gasteiger partial charge in [-0.3, -0.25) is 0 Å². The van der Waals surface area contributed by atoms with E-state index in [-0.39, 0.29) is 11.7 Å². The molecule has 2 heterocycles. The minimum absolute atomic E-state index is 0.102. The van der Waals surface area contributed by atoms with E-state index >= 15 is 0 Å². The third-order valence-corrected chi connectivity index (χ3v) is 6.39. The van der Waals surface area contributed by atoms with Crippen molar-refractivity contribution in [1.29, 1.82) is 0 Å². The number of para-hydroxylation sites is 1. The Morgan fingerprint density at radius 1 is 1.08 bits per heavy atom. The number of aromatic nitrogens is 1. The number of hydrogen-bond donors (Lipinski definition) is 0. The van der Waals surface area contributed by atoms with Gasteiger partial charge in [-0.05, 0) is 17.7 Å². The maximum absolute atomic E-state index is 5.85. The van der Waals surface area contributed by atoms with Crippen LogP contribution in [0, 0.1) is 5.41 Å². The molecule has 3 nitrogen and oxygen atoms in total. The highest BCUT2D eigenvalue weighted by atomic mass is 32.2. The normalized spacial score (nSPS) is 17.8. The second-order valence-electron chi connectivity index (χ2n) is 7.10. The maximum atomic E-state index is 5.85. The number of thioether (sulfide) groups is 1. The number of rotatable bonds is 4. The summed E-state index contributed by atoms with van der Waals surface area (Å²) in [6.45, 7) is 5.77. The molecule has 5 heteroatoms. The molecule has 1 aliphatic heterocycles. The molecule has 3 aromatic rings. The van der Waals surface area contributed by atoms with Gasteiger partial charge in [0.2, 0.25) is 0 Å². The highest BCUT2D eigenvalue weighted by Crippen LogP contribution is 2.33. The topological polar surface area (TPSA) is 31.4 Å². The van der Waals surface area contributed by atoms with Gasteiger partial charge in [-0.1, -0.05) is 62.0 Å². The first-order chi connectivity index (χ1) is 12.1. The van der Waals surface area contributed by atoms with Crippen LogP contribution in [0.2, 0.25) is 0 Å². The molecule has 1 saturated heterocycles. The number of benzene rings is 2. The van der Waals surface area contributed by atoms with E-state index < -0.39 is 0 Å². The molecule has 0 radical (unpaired) electrons. The molecule has 25 heavy (non-hydrogen) atoms. The lowest BCUT2D eigenvalue weighted by Gasteiger charge is -2.34. The molecule has 1 aromatic heterocycles. The molecule has 4 rings (SSSR count). The molecule has 0 spiro atoms. The third kappa shape index (κ3) is 4.06. The molecule has 1 fully saturated rings. The molecule has 0 amide bonds. The summed E-state index contributed by atoms with van der Waals surface area (Å²) in [5.74, 6) is 0.916. The SMILES string of the molecule is CC1(C)COC(c2ccc(CSc3nc4ccccc4s3)cc2)OC1. The summed E-state index contributed by atoms with van der Waals surface area (Å²) in [7, 11) is 0. The van der Waals surface area contributed by atoms with Crippen LogP contribution in [0.3, 0.4) is 0 Å². The molecule has 0 N–H and O–H groups in total. The van der Waals surface area contributed by atoms with Crippen LogP contribution in [0.25, 0.3) is 10.2 Å². The van der Waals surface area contributed by atoms with E-state index in [1.165, 1.54) is 10.3 Å². The number of hydrogen-bond acceptors (Lipinski definition) is 5. The summed E-state index contributed by atoms with van der Waals surface area (Å²) in [5, 5.41) is 0. The standard InChI is InChI=1S/C20H21NO2S2/c1-20(2)12-22-18(23-13-20)15-9-7-14(8-10-15)11-24-19-21-16-5-3-4-6-17(16)25-19/h3-10,18H,11-13H2,1-2H3. The van der Waals surface area contributed by atoms with Crippen LogP contribution in [0.4, 0.5) is 0 Å². The van der Waals surface area contributed by atoms with Crippen molar-refractivity contribution in [3.05, 3.63) is 59.7 Å². The highest BCUT2D eigenvalue weighted by molar-refractivity contribution is 8.00. The second-order valence-corrected chi connectivity index (χ2v) is 9.35. The maximum Gasteiger partial charge on any atom is 0.183 e. The molecule has 0 unspecified atom stereocenters. The first-order valence-electron chi connectivity index (χ1n) is 8.40. The molecule has 0 aliphatic carbocycles. The second kappa shape index (κ2) is 7.08. The van der Waals surface area contributed by atoms with Gasteiger partial charge in [-0.2, -0.15) is 0 Å². The summed E-state index contributed by atoms with van der Waals surface area (Å²) in [6, 6.07) is 16.8. The van der Waals surface area contributed by atoms with Crippen molar-refractivity contribution >= 4 is 33.3 Å². The van der Waals surface area contributed by atoms with Crippen LogP contribution in [0.15, 0.2) is 52.9 Å². The predicted molar refractivity (Wildman–Crippen MR) is 104 cm³/mol. The highest BCUT2D eigenvalue weighted by Gasteiger charge is 2.29. The van der Waals surface area contributed by atoms with Crippen molar-refractivity contribution in [3.8, 4) is 0 Å². The zero-order valence-electron chi connectivity index (χ0n) is 14.4. The smallest absolute Gasteiger partial charge is 0.183 e. The average Bonchev–Trinajstić information content (AvgIpc) is 3.03. The lowest BCUT2D eigenvalue weighted by atomic mass is 9.95. The molecular weight excluding hydrogens is 350 g/mol. The van der Waals surface area contributed by atoms with Crippen molar-refractivity contribution in [2.75, 3.05) is 13.2 Å². The van der Waals surface area contributed by atoms with E-state index in [4.69, 9.17) is 9.47 Å². The van der Waals surface area contributed by atoms with E-state index in [1.54, 1.807) is 23.1 Å². The van der Waals surface area contributed by atoms with Crippen LogP contribution < -0.4 is 0 Å². The van der Waals surface area contributed by atoms with E-state index in [9.17, 15) is 0 Å². The Balaban J connectivity index is 1.37. The summed E-state index contributed by atoms with van der Waals surface area (Å²) in [4.78, 5) is 4.67. The lowest BCUT2D eigenvalue weighted by molar-refractivity contribution is -0.226.